The summed E-state index contributed by atoms with van der Waals surface area (Å²) in [6, 6.07) is 6.44. The molecule has 1 heterocycles. The Morgan fingerprint density at radius 3 is 2.80 bits per heavy atom. The molecule has 1 N–H and O–H groups in total. The van der Waals surface area contributed by atoms with Crippen LogP contribution in [0, 0.1) is 10.5 Å². The quantitative estimate of drug-likeness (QED) is 0.809. The minimum absolute atomic E-state index is 0.339. The van der Waals surface area contributed by atoms with Crippen molar-refractivity contribution >= 4 is 28.1 Å². The fourth-order valence-electron chi connectivity index (χ4n) is 1.19. The van der Waals surface area contributed by atoms with Crippen molar-refractivity contribution in [1.82, 2.24) is 9.97 Å². The second-order valence-corrected chi connectivity index (χ2v) is 4.26. The summed E-state index contributed by atoms with van der Waals surface area (Å²) in [6.45, 7) is 0. The molecule has 0 aliphatic rings. The molecular formula is C10H6BrFN2S. The molecule has 0 aliphatic carbocycles. The highest BCUT2D eigenvalue weighted by Crippen LogP contribution is 2.22. The first-order valence-electron chi connectivity index (χ1n) is 4.17. The third kappa shape index (κ3) is 2.30. The highest BCUT2D eigenvalue weighted by Gasteiger charge is 2.06. The molecule has 0 aliphatic heterocycles. The Balaban J connectivity index is 2.59. The molecule has 0 fully saturated rings. The molecule has 1 aromatic heterocycles. The van der Waals surface area contributed by atoms with Gasteiger partial charge in [-0.1, -0.05) is 28.1 Å². The molecule has 2 aromatic rings. The Labute approximate surface area is 99.3 Å². The molecular weight excluding hydrogens is 279 g/mol. The first-order chi connectivity index (χ1) is 7.16. The van der Waals surface area contributed by atoms with E-state index < -0.39 is 0 Å². The molecule has 0 saturated heterocycles. The fraction of sp³-hybridized carbons (Fsp3) is 0. The lowest BCUT2D eigenvalue weighted by atomic mass is 10.2. The number of rotatable bonds is 1. The minimum atomic E-state index is -0.339. The summed E-state index contributed by atoms with van der Waals surface area (Å²) in [7, 11) is 0. The topological polar surface area (TPSA) is 28.7 Å². The minimum Gasteiger partial charge on any atom is -0.331 e. The molecule has 0 bridgehead atoms. The van der Waals surface area contributed by atoms with E-state index in [1.807, 2.05) is 0 Å². The van der Waals surface area contributed by atoms with E-state index in [4.69, 9.17) is 12.2 Å². The van der Waals surface area contributed by atoms with E-state index in [2.05, 4.69) is 25.9 Å². The maximum Gasteiger partial charge on any atom is 0.141 e. The van der Waals surface area contributed by atoms with E-state index in [1.165, 1.54) is 6.07 Å². The lowest BCUT2D eigenvalue weighted by Gasteiger charge is -2.02. The van der Waals surface area contributed by atoms with Crippen LogP contribution in [-0.4, -0.2) is 9.97 Å². The number of halogens is 2. The van der Waals surface area contributed by atoms with Crippen LogP contribution in [0.1, 0.15) is 0 Å². The monoisotopic (exact) mass is 284 g/mol. The molecule has 5 heteroatoms. The second kappa shape index (κ2) is 4.20. The van der Waals surface area contributed by atoms with Crippen molar-refractivity contribution in [2.75, 3.05) is 0 Å². The molecule has 0 amide bonds. The summed E-state index contributed by atoms with van der Waals surface area (Å²) >= 11 is 8.13. The van der Waals surface area contributed by atoms with Crippen LogP contribution in [0.3, 0.4) is 0 Å². The average molecular weight is 285 g/mol. The molecule has 2 nitrogen and oxygen atoms in total. The average Bonchev–Trinajstić information content (AvgIpc) is 2.17. The predicted octanol–water partition coefficient (Wildman–Crippen LogP) is 3.71. The normalized spacial score (nSPS) is 10.3. The molecule has 0 radical (unpaired) electrons. The van der Waals surface area contributed by atoms with Crippen molar-refractivity contribution in [2.45, 2.75) is 0 Å². The zero-order valence-electron chi connectivity index (χ0n) is 7.50. The Hall–Kier alpha value is -1.07. The Kier molecular flexibility index (Phi) is 2.93. The number of H-pyrrole nitrogens is 1. The van der Waals surface area contributed by atoms with Gasteiger partial charge < -0.3 is 4.98 Å². The van der Waals surface area contributed by atoms with Crippen LogP contribution in [0.4, 0.5) is 4.39 Å². The van der Waals surface area contributed by atoms with Gasteiger partial charge in [-0.3, -0.25) is 0 Å². The van der Waals surface area contributed by atoms with Gasteiger partial charge in [0.15, 0.2) is 0 Å². The second-order valence-electron chi connectivity index (χ2n) is 2.91. The van der Waals surface area contributed by atoms with Crippen LogP contribution in [-0.2, 0) is 0 Å². The van der Waals surface area contributed by atoms with Gasteiger partial charge in [0.25, 0.3) is 0 Å². The van der Waals surface area contributed by atoms with Crippen molar-refractivity contribution < 1.29 is 4.39 Å². The molecule has 0 atom stereocenters. The summed E-state index contributed by atoms with van der Waals surface area (Å²) < 4.78 is 14.8. The van der Waals surface area contributed by atoms with Crippen molar-refractivity contribution in [2.24, 2.45) is 0 Å². The lowest BCUT2D eigenvalue weighted by molar-refractivity contribution is 0.629. The Morgan fingerprint density at radius 1 is 1.33 bits per heavy atom. The van der Waals surface area contributed by atoms with Gasteiger partial charge in [-0.2, -0.15) is 0 Å². The van der Waals surface area contributed by atoms with E-state index in [-0.39, 0.29) is 5.82 Å². The standard InChI is InChI=1S/C10H6BrFN2S/c11-6-1-2-7(8(12)5-6)10-13-4-3-9(15)14-10/h1-5H,(H,13,14,15). The number of aromatic amines is 1. The van der Waals surface area contributed by atoms with Crippen molar-refractivity contribution in [3.63, 3.8) is 0 Å². The third-order valence-electron chi connectivity index (χ3n) is 1.86. The van der Waals surface area contributed by atoms with Crippen molar-refractivity contribution in [3.05, 3.63) is 45.4 Å². The number of hydrogen-bond donors (Lipinski definition) is 1. The SMILES string of the molecule is Fc1cc(Br)ccc1-c1nccc(=S)[nH]1. The summed E-state index contributed by atoms with van der Waals surface area (Å²) in [5.41, 5.74) is 0.407. The summed E-state index contributed by atoms with van der Waals surface area (Å²) in [5, 5.41) is 0. The smallest absolute Gasteiger partial charge is 0.141 e. The van der Waals surface area contributed by atoms with Gasteiger partial charge in [-0.15, -0.1) is 0 Å². The number of benzene rings is 1. The van der Waals surface area contributed by atoms with E-state index in [1.54, 1.807) is 24.4 Å². The van der Waals surface area contributed by atoms with E-state index >= 15 is 0 Å². The maximum absolute atomic E-state index is 13.5. The number of nitrogens with zero attached hydrogens (tertiary/aromatic N) is 1. The van der Waals surface area contributed by atoms with Gasteiger partial charge in [0.05, 0.1) is 5.56 Å². The zero-order valence-corrected chi connectivity index (χ0v) is 9.90. The van der Waals surface area contributed by atoms with Crippen LogP contribution >= 0.6 is 28.1 Å². The van der Waals surface area contributed by atoms with E-state index in [0.29, 0.717) is 20.5 Å². The fourth-order valence-corrected chi connectivity index (χ4v) is 1.68. The number of hydrogen-bond acceptors (Lipinski definition) is 2. The van der Waals surface area contributed by atoms with Gasteiger partial charge in [0, 0.05) is 10.7 Å². The molecule has 76 valence electrons. The molecule has 0 spiro atoms. The molecule has 15 heavy (non-hydrogen) atoms. The first kappa shape index (κ1) is 10.4. The summed E-state index contributed by atoms with van der Waals surface area (Å²) in [6.07, 6.45) is 1.55. The predicted molar refractivity (Wildman–Crippen MR) is 62.5 cm³/mol. The maximum atomic E-state index is 13.5. The number of aromatic nitrogens is 2. The highest BCUT2D eigenvalue weighted by atomic mass is 79.9. The van der Waals surface area contributed by atoms with Gasteiger partial charge in [0.1, 0.15) is 16.3 Å². The van der Waals surface area contributed by atoms with E-state index in [0.717, 1.165) is 0 Å². The van der Waals surface area contributed by atoms with Crippen LogP contribution < -0.4 is 0 Å². The van der Waals surface area contributed by atoms with Crippen molar-refractivity contribution in [3.8, 4) is 11.4 Å². The van der Waals surface area contributed by atoms with Crippen molar-refractivity contribution in [1.29, 1.82) is 0 Å². The third-order valence-corrected chi connectivity index (χ3v) is 2.59. The Morgan fingerprint density at radius 2 is 2.13 bits per heavy atom. The van der Waals surface area contributed by atoms with Gasteiger partial charge in [-0.25, -0.2) is 9.37 Å². The van der Waals surface area contributed by atoms with Gasteiger partial charge in [0.2, 0.25) is 0 Å². The summed E-state index contributed by atoms with van der Waals surface area (Å²) in [4.78, 5) is 6.86. The summed E-state index contributed by atoms with van der Waals surface area (Å²) in [5.74, 6) is 0.0984. The van der Waals surface area contributed by atoms with Gasteiger partial charge in [-0.05, 0) is 24.3 Å². The Bertz CT molecular complexity index is 553. The number of nitrogens with one attached hydrogen (secondary N) is 1. The van der Waals surface area contributed by atoms with Crippen LogP contribution in [0.25, 0.3) is 11.4 Å². The van der Waals surface area contributed by atoms with Crippen LogP contribution in [0.15, 0.2) is 34.9 Å². The molecule has 0 saturated carbocycles. The van der Waals surface area contributed by atoms with Crippen LogP contribution in [0.2, 0.25) is 0 Å². The van der Waals surface area contributed by atoms with E-state index in [9.17, 15) is 4.39 Å². The zero-order chi connectivity index (χ0) is 10.8. The van der Waals surface area contributed by atoms with Crippen LogP contribution in [0.5, 0.6) is 0 Å². The first-order valence-corrected chi connectivity index (χ1v) is 5.38. The molecule has 1 aromatic carbocycles. The highest BCUT2D eigenvalue weighted by molar-refractivity contribution is 9.10. The molecule has 0 unspecified atom stereocenters. The van der Waals surface area contributed by atoms with Gasteiger partial charge >= 0.3 is 0 Å². The largest absolute Gasteiger partial charge is 0.331 e. The lowest BCUT2D eigenvalue weighted by Crippen LogP contribution is -1.91. The molecule has 2 rings (SSSR count).